The van der Waals surface area contributed by atoms with Crippen LogP contribution in [-0.4, -0.2) is 35.6 Å². The third-order valence-electron chi connectivity index (χ3n) is 7.85. The van der Waals surface area contributed by atoms with Crippen molar-refractivity contribution in [2.24, 2.45) is 5.92 Å². The van der Waals surface area contributed by atoms with Crippen LogP contribution in [-0.2, 0) is 11.3 Å². The van der Waals surface area contributed by atoms with Gasteiger partial charge in [-0.15, -0.1) is 0 Å². The fraction of sp³-hybridized carbons (Fsp3) is 0.265. The van der Waals surface area contributed by atoms with Crippen LogP contribution >= 0.6 is 0 Å². The van der Waals surface area contributed by atoms with Crippen molar-refractivity contribution in [3.63, 3.8) is 0 Å². The first-order chi connectivity index (χ1) is 18.6. The monoisotopic (exact) mass is 504 g/mol. The molecule has 1 fully saturated rings. The second-order valence-electron chi connectivity index (χ2n) is 10.4. The first-order valence-electron chi connectivity index (χ1n) is 13.5. The predicted octanol–water partition coefficient (Wildman–Crippen LogP) is 6.89. The van der Waals surface area contributed by atoms with Crippen LogP contribution in [0.15, 0.2) is 103 Å². The van der Waals surface area contributed by atoms with Crippen molar-refractivity contribution in [2.45, 2.75) is 31.8 Å². The topological polar surface area (TPSA) is 52.6 Å². The lowest BCUT2D eigenvalue weighted by atomic mass is 9.80. The van der Waals surface area contributed by atoms with Crippen LogP contribution in [0.3, 0.4) is 0 Å². The van der Waals surface area contributed by atoms with Crippen molar-refractivity contribution in [3.05, 3.63) is 125 Å². The van der Waals surface area contributed by atoms with Gasteiger partial charge < -0.3 is 10.4 Å². The first kappa shape index (κ1) is 25.9. The van der Waals surface area contributed by atoms with Crippen molar-refractivity contribution >= 4 is 22.8 Å². The van der Waals surface area contributed by atoms with E-state index in [4.69, 9.17) is 5.11 Å². The van der Waals surface area contributed by atoms with Crippen molar-refractivity contribution in [1.82, 2.24) is 10.2 Å². The van der Waals surface area contributed by atoms with Crippen LogP contribution in [0.1, 0.15) is 47.6 Å². The van der Waals surface area contributed by atoms with Gasteiger partial charge in [-0.2, -0.15) is 0 Å². The van der Waals surface area contributed by atoms with E-state index in [1.165, 1.54) is 33.5 Å². The lowest BCUT2D eigenvalue weighted by Gasteiger charge is -2.39. The van der Waals surface area contributed by atoms with Crippen LogP contribution in [0.25, 0.3) is 16.8 Å². The molecule has 0 spiro atoms. The van der Waals surface area contributed by atoms with Gasteiger partial charge in [0.1, 0.15) is 0 Å². The van der Waals surface area contributed by atoms with E-state index in [1.807, 2.05) is 12.1 Å². The molecule has 2 N–H and O–H groups in total. The molecule has 194 valence electrons. The molecule has 1 heterocycles. The number of carboxylic acids is 1. The standard InChI is InChI=1S/C34H36N2O2/c1-25(31-13-7-11-28-10-5-6-12-32(28)31)35-22-30-20-21-36(24-33(30)29-8-3-2-4-9-29)23-27-16-14-26(15-17-27)18-19-34(37)38/h2-19,25,30,33,35H,20-24H2,1H3,(H,37,38)/b19-18+/t25-,30?,33?/m1/s1. The highest BCUT2D eigenvalue weighted by Crippen LogP contribution is 2.34. The van der Waals surface area contributed by atoms with Gasteiger partial charge in [0.15, 0.2) is 0 Å². The maximum absolute atomic E-state index is 10.8. The lowest BCUT2D eigenvalue weighted by Crippen LogP contribution is -2.42. The minimum absolute atomic E-state index is 0.282. The summed E-state index contributed by atoms with van der Waals surface area (Å²) in [7, 11) is 0. The van der Waals surface area contributed by atoms with Gasteiger partial charge in [-0.1, -0.05) is 97.1 Å². The molecule has 4 aromatic rings. The fourth-order valence-corrected chi connectivity index (χ4v) is 5.76. The predicted molar refractivity (Wildman–Crippen MR) is 156 cm³/mol. The van der Waals surface area contributed by atoms with Crippen LogP contribution in [0.2, 0.25) is 0 Å². The number of nitrogens with one attached hydrogen (secondary N) is 1. The summed E-state index contributed by atoms with van der Waals surface area (Å²) in [5.74, 6) is 0.106. The minimum Gasteiger partial charge on any atom is -0.478 e. The molecular formula is C34H36N2O2. The summed E-state index contributed by atoms with van der Waals surface area (Å²) in [6.45, 7) is 6.27. The maximum atomic E-state index is 10.8. The van der Waals surface area contributed by atoms with Gasteiger partial charge in [-0.25, -0.2) is 4.79 Å². The van der Waals surface area contributed by atoms with Gasteiger partial charge in [0, 0.05) is 31.1 Å². The number of hydrogen-bond acceptors (Lipinski definition) is 3. The molecular weight excluding hydrogens is 468 g/mol. The van der Waals surface area contributed by atoms with Crippen molar-refractivity contribution < 1.29 is 9.90 Å². The van der Waals surface area contributed by atoms with Gasteiger partial charge >= 0.3 is 5.97 Å². The number of rotatable bonds is 9. The Morgan fingerprint density at radius 2 is 1.71 bits per heavy atom. The zero-order valence-corrected chi connectivity index (χ0v) is 22.0. The number of piperidine rings is 1. The van der Waals surface area contributed by atoms with Crippen LogP contribution in [0.4, 0.5) is 0 Å². The minimum atomic E-state index is -0.926. The van der Waals surface area contributed by atoms with Crippen LogP contribution in [0, 0.1) is 5.92 Å². The molecule has 4 nitrogen and oxygen atoms in total. The Morgan fingerprint density at radius 1 is 0.974 bits per heavy atom. The highest BCUT2D eigenvalue weighted by Gasteiger charge is 2.30. The second kappa shape index (κ2) is 12.2. The number of carbonyl (C=O) groups is 1. The lowest BCUT2D eigenvalue weighted by molar-refractivity contribution is -0.131. The van der Waals surface area contributed by atoms with Crippen LogP contribution < -0.4 is 5.32 Å². The van der Waals surface area contributed by atoms with Gasteiger partial charge in [0.05, 0.1) is 0 Å². The highest BCUT2D eigenvalue weighted by molar-refractivity contribution is 5.86. The maximum Gasteiger partial charge on any atom is 0.328 e. The molecule has 3 atom stereocenters. The van der Waals surface area contributed by atoms with E-state index in [0.29, 0.717) is 11.8 Å². The van der Waals surface area contributed by atoms with E-state index >= 15 is 0 Å². The summed E-state index contributed by atoms with van der Waals surface area (Å²) < 4.78 is 0. The molecule has 0 aliphatic carbocycles. The molecule has 1 aliphatic heterocycles. The summed E-state index contributed by atoms with van der Waals surface area (Å²) in [6.07, 6.45) is 3.96. The third kappa shape index (κ3) is 6.39. The van der Waals surface area contributed by atoms with Crippen LogP contribution in [0.5, 0.6) is 0 Å². The van der Waals surface area contributed by atoms with Gasteiger partial charge in [0.25, 0.3) is 0 Å². The Kier molecular flexibility index (Phi) is 8.32. The summed E-state index contributed by atoms with van der Waals surface area (Å²) in [5, 5.41) is 15.4. The molecule has 0 aromatic heterocycles. The number of nitrogens with zero attached hydrogens (tertiary/aromatic N) is 1. The smallest absolute Gasteiger partial charge is 0.328 e. The number of benzene rings is 4. The van der Waals surface area contributed by atoms with Crippen molar-refractivity contribution in [1.29, 1.82) is 0 Å². The number of hydrogen-bond donors (Lipinski definition) is 2. The van der Waals surface area contributed by atoms with E-state index < -0.39 is 5.97 Å². The number of aliphatic carboxylic acids is 1. The fourth-order valence-electron chi connectivity index (χ4n) is 5.76. The zero-order chi connectivity index (χ0) is 26.3. The largest absolute Gasteiger partial charge is 0.478 e. The van der Waals surface area contributed by atoms with E-state index in [0.717, 1.165) is 38.2 Å². The van der Waals surface area contributed by atoms with Crippen molar-refractivity contribution in [2.75, 3.05) is 19.6 Å². The van der Waals surface area contributed by atoms with Gasteiger partial charge in [-0.05, 0) is 71.5 Å². The molecule has 4 heteroatoms. The Morgan fingerprint density at radius 3 is 2.50 bits per heavy atom. The molecule has 4 aromatic carbocycles. The second-order valence-corrected chi connectivity index (χ2v) is 10.4. The normalized spacial score (nSPS) is 19.1. The molecule has 0 bridgehead atoms. The average Bonchev–Trinajstić information content (AvgIpc) is 2.96. The molecule has 2 unspecified atom stereocenters. The molecule has 0 radical (unpaired) electrons. The summed E-state index contributed by atoms with van der Waals surface area (Å²) >= 11 is 0. The molecule has 0 amide bonds. The van der Waals surface area contributed by atoms with E-state index in [9.17, 15) is 4.79 Å². The molecule has 38 heavy (non-hydrogen) atoms. The van der Waals surface area contributed by atoms with Crippen molar-refractivity contribution in [3.8, 4) is 0 Å². The quantitative estimate of drug-likeness (QED) is 0.244. The number of fused-ring (bicyclic) bond motifs is 1. The Bertz CT molecular complexity index is 1380. The Hall–Kier alpha value is -3.73. The SMILES string of the molecule is C[C@@H](NCC1CCN(Cc2ccc(/C=C/C(=O)O)cc2)CC1c1ccccc1)c1cccc2ccccc12. The third-order valence-corrected chi connectivity index (χ3v) is 7.85. The first-order valence-corrected chi connectivity index (χ1v) is 13.5. The number of carboxylic acid groups (broad SMARTS) is 1. The number of likely N-dealkylation sites (tertiary alicyclic amines) is 1. The molecule has 1 aliphatic rings. The summed E-state index contributed by atoms with van der Waals surface area (Å²) in [5.41, 5.74) is 4.93. The van der Waals surface area contributed by atoms with E-state index in [2.05, 4.69) is 102 Å². The summed E-state index contributed by atoms with van der Waals surface area (Å²) in [6, 6.07) is 34.7. The molecule has 1 saturated heterocycles. The Balaban J connectivity index is 1.26. The molecule has 5 rings (SSSR count). The summed E-state index contributed by atoms with van der Waals surface area (Å²) in [4.78, 5) is 13.3. The van der Waals surface area contributed by atoms with Gasteiger partial charge in [-0.3, -0.25) is 4.90 Å². The Labute approximate surface area is 225 Å². The molecule has 0 saturated carbocycles. The van der Waals surface area contributed by atoms with E-state index in [1.54, 1.807) is 6.08 Å². The highest BCUT2D eigenvalue weighted by atomic mass is 16.4. The van der Waals surface area contributed by atoms with Gasteiger partial charge in [0.2, 0.25) is 0 Å². The zero-order valence-electron chi connectivity index (χ0n) is 22.0. The van der Waals surface area contributed by atoms with E-state index in [-0.39, 0.29) is 6.04 Å². The average molecular weight is 505 g/mol.